The van der Waals surface area contributed by atoms with Crippen LogP contribution in [-0.4, -0.2) is 11.1 Å². The van der Waals surface area contributed by atoms with E-state index in [1.165, 1.54) is 22.9 Å². The molecule has 1 heterocycles. The van der Waals surface area contributed by atoms with Crippen LogP contribution in [0, 0.1) is 6.92 Å². The summed E-state index contributed by atoms with van der Waals surface area (Å²) in [6.07, 6.45) is 2.84. The second kappa shape index (κ2) is 9.67. The number of carbonyl (C=O) groups is 1. The lowest BCUT2D eigenvalue weighted by Crippen LogP contribution is -2.19. The smallest absolute Gasteiger partial charge is 0.264 e. The summed E-state index contributed by atoms with van der Waals surface area (Å²) in [5.41, 5.74) is 5.26. The maximum absolute atomic E-state index is 12.5. The van der Waals surface area contributed by atoms with Crippen molar-refractivity contribution in [2.75, 3.05) is 0 Å². The van der Waals surface area contributed by atoms with Crippen LogP contribution in [0.25, 0.3) is 6.08 Å². The van der Waals surface area contributed by atoms with Crippen molar-refractivity contribution < 1.29 is 9.53 Å². The number of ether oxygens (including phenoxy) is 1. The molecule has 156 valence electrons. The number of para-hydroxylation sites is 1. The number of nitrogens with one attached hydrogen (secondary N) is 1. The Morgan fingerprint density at radius 1 is 0.968 bits per heavy atom. The normalized spacial score (nSPS) is 16.0. The molecule has 0 atom stereocenters. The Bertz CT molecular complexity index is 1130. The van der Waals surface area contributed by atoms with Crippen LogP contribution in [-0.2, 0) is 17.8 Å². The molecule has 1 aliphatic heterocycles. The van der Waals surface area contributed by atoms with Gasteiger partial charge in [0.2, 0.25) is 0 Å². The number of rotatable bonds is 6. The Hall–Kier alpha value is -3.31. The summed E-state index contributed by atoms with van der Waals surface area (Å²) in [6.45, 7) is 4.65. The number of amides is 1. The number of aryl methyl sites for hydroxylation is 2. The highest BCUT2D eigenvalue weighted by atomic mass is 32.2. The number of aliphatic imine (C=N–C) groups is 1. The van der Waals surface area contributed by atoms with Crippen molar-refractivity contribution in [2.24, 2.45) is 4.99 Å². The number of amidine groups is 1. The first-order valence-corrected chi connectivity index (χ1v) is 11.1. The summed E-state index contributed by atoms with van der Waals surface area (Å²) in [7, 11) is 0. The molecule has 0 spiro atoms. The van der Waals surface area contributed by atoms with Gasteiger partial charge in [0.25, 0.3) is 5.91 Å². The molecule has 1 saturated heterocycles. The van der Waals surface area contributed by atoms with Gasteiger partial charge in [-0.15, -0.1) is 0 Å². The Labute approximate surface area is 187 Å². The van der Waals surface area contributed by atoms with Crippen LogP contribution in [0.5, 0.6) is 5.75 Å². The number of hydrogen-bond acceptors (Lipinski definition) is 4. The zero-order valence-corrected chi connectivity index (χ0v) is 18.4. The van der Waals surface area contributed by atoms with Crippen LogP contribution in [0.15, 0.2) is 82.7 Å². The maximum atomic E-state index is 12.5. The summed E-state index contributed by atoms with van der Waals surface area (Å²) in [6, 6.07) is 24.0. The van der Waals surface area contributed by atoms with Gasteiger partial charge in [-0.05, 0) is 60.5 Å². The molecule has 4 nitrogen and oxygen atoms in total. The van der Waals surface area contributed by atoms with Crippen molar-refractivity contribution in [1.29, 1.82) is 0 Å². The fourth-order valence-electron chi connectivity index (χ4n) is 3.12. The van der Waals surface area contributed by atoms with Gasteiger partial charge in [0.1, 0.15) is 12.4 Å². The third-order valence-corrected chi connectivity index (χ3v) is 5.86. The molecule has 3 aromatic carbocycles. The topological polar surface area (TPSA) is 50.7 Å². The van der Waals surface area contributed by atoms with Crippen LogP contribution in [0.4, 0.5) is 5.69 Å². The minimum atomic E-state index is -0.151. The number of benzene rings is 3. The average Bonchev–Trinajstić information content (AvgIpc) is 3.13. The molecule has 1 N–H and O–H groups in total. The van der Waals surface area contributed by atoms with Gasteiger partial charge in [-0.25, -0.2) is 4.99 Å². The molecule has 1 aliphatic rings. The van der Waals surface area contributed by atoms with E-state index in [1.54, 1.807) is 0 Å². The lowest BCUT2D eigenvalue weighted by molar-refractivity contribution is -0.115. The second-order valence-electron chi connectivity index (χ2n) is 7.31. The zero-order valence-electron chi connectivity index (χ0n) is 17.6. The molecule has 0 unspecified atom stereocenters. The summed E-state index contributed by atoms with van der Waals surface area (Å²) in [5, 5.41) is 3.43. The molecule has 3 aromatic rings. The van der Waals surface area contributed by atoms with E-state index < -0.39 is 0 Å². The van der Waals surface area contributed by atoms with Crippen molar-refractivity contribution in [3.05, 3.63) is 100.0 Å². The Balaban J connectivity index is 1.49. The lowest BCUT2D eigenvalue weighted by atomic mass is 10.1. The van der Waals surface area contributed by atoms with E-state index in [4.69, 9.17) is 4.74 Å². The molecule has 0 radical (unpaired) electrons. The number of hydrogen-bond donors (Lipinski definition) is 1. The third kappa shape index (κ3) is 5.44. The monoisotopic (exact) mass is 428 g/mol. The first-order valence-electron chi connectivity index (χ1n) is 10.3. The van der Waals surface area contributed by atoms with E-state index in [0.717, 1.165) is 29.0 Å². The molecule has 4 rings (SSSR count). The predicted octanol–water partition coefficient (Wildman–Crippen LogP) is 6.03. The Kier molecular flexibility index (Phi) is 6.53. The van der Waals surface area contributed by atoms with E-state index >= 15 is 0 Å². The van der Waals surface area contributed by atoms with Crippen LogP contribution in [0.1, 0.15) is 29.2 Å². The molecule has 1 fully saturated rings. The predicted molar refractivity (Wildman–Crippen MR) is 129 cm³/mol. The first-order chi connectivity index (χ1) is 15.1. The van der Waals surface area contributed by atoms with E-state index in [9.17, 15) is 4.79 Å². The van der Waals surface area contributed by atoms with Crippen molar-refractivity contribution in [3.8, 4) is 5.75 Å². The molecule has 0 bridgehead atoms. The van der Waals surface area contributed by atoms with Crippen molar-refractivity contribution in [1.82, 2.24) is 5.32 Å². The van der Waals surface area contributed by atoms with Crippen LogP contribution in [0.3, 0.4) is 0 Å². The molecular weight excluding hydrogens is 404 g/mol. The van der Waals surface area contributed by atoms with E-state index in [-0.39, 0.29) is 5.91 Å². The zero-order chi connectivity index (χ0) is 21.6. The van der Waals surface area contributed by atoms with Gasteiger partial charge < -0.3 is 10.1 Å². The van der Waals surface area contributed by atoms with Crippen LogP contribution >= 0.6 is 11.8 Å². The van der Waals surface area contributed by atoms with Gasteiger partial charge in [-0.2, -0.15) is 0 Å². The Morgan fingerprint density at radius 2 is 1.68 bits per heavy atom. The minimum Gasteiger partial charge on any atom is -0.488 e. The highest BCUT2D eigenvalue weighted by Gasteiger charge is 2.24. The van der Waals surface area contributed by atoms with Gasteiger partial charge in [-0.1, -0.05) is 67.1 Å². The quantitative estimate of drug-likeness (QED) is 0.488. The van der Waals surface area contributed by atoms with Gasteiger partial charge in [-0.3, -0.25) is 4.79 Å². The first kappa shape index (κ1) is 20.9. The summed E-state index contributed by atoms with van der Waals surface area (Å²) >= 11 is 1.34. The van der Waals surface area contributed by atoms with E-state index in [1.807, 2.05) is 42.5 Å². The summed E-state index contributed by atoms with van der Waals surface area (Å²) < 4.78 is 6.04. The van der Waals surface area contributed by atoms with E-state index in [2.05, 4.69) is 60.6 Å². The molecule has 0 aliphatic carbocycles. The summed E-state index contributed by atoms with van der Waals surface area (Å²) in [4.78, 5) is 17.6. The third-order valence-electron chi connectivity index (χ3n) is 4.95. The molecule has 5 heteroatoms. The summed E-state index contributed by atoms with van der Waals surface area (Å²) in [5.74, 6) is 0.590. The largest absolute Gasteiger partial charge is 0.488 e. The average molecular weight is 429 g/mol. The van der Waals surface area contributed by atoms with Gasteiger partial charge in [0.05, 0.1) is 10.6 Å². The van der Waals surface area contributed by atoms with Gasteiger partial charge in [0.15, 0.2) is 5.17 Å². The fourth-order valence-corrected chi connectivity index (χ4v) is 3.95. The maximum Gasteiger partial charge on any atom is 0.264 e. The van der Waals surface area contributed by atoms with Gasteiger partial charge in [0, 0.05) is 5.56 Å². The molecule has 0 saturated carbocycles. The standard InChI is InChI=1S/C26H24N2O2S/c1-3-19-12-14-22(15-13-19)27-26-28-25(29)24(31-26)16-21-6-4-5-7-23(21)30-17-20-10-8-18(2)9-11-20/h4-16H,3,17H2,1-2H3,(H,27,28,29). The molecule has 31 heavy (non-hydrogen) atoms. The highest BCUT2D eigenvalue weighted by Crippen LogP contribution is 2.31. The minimum absolute atomic E-state index is 0.151. The van der Waals surface area contributed by atoms with Crippen molar-refractivity contribution in [3.63, 3.8) is 0 Å². The van der Waals surface area contributed by atoms with Crippen molar-refractivity contribution >= 4 is 34.6 Å². The number of carbonyl (C=O) groups excluding carboxylic acids is 1. The highest BCUT2D eigenvalue weighted by molar-refractivity contribution is 8.18. The second-order valence-corrected chi connectivity index (χ2v) is 8.34. The molecular formula is C26H24N2O2S. The Morgan fingerprint density at radius 3 is 2.42 bits per heavy atom. The number of nitrogens with zero attached hydrogens (tertiary/aromatic N) is 1. The number of thioether (sulfide) groups is 1. The van der Waals surface area contributed by atoms with E-state index in [0.29, 0.717) is 16.7 Å². The van der Waals surface area contributed by atoms with Crippen LogP contribution in [0.2, 0.25) is 0 Å². The molecule has 1 amide bonds. The molecule has 0 aromatic heterocycles. The van der Waals surface area contributed by atoms with Crippen molar-refractivity contribution in [2.45, 2.75) is 26.9 Å². The fraction of sp³-hybridized carbons (Fsp3) is 0.154. The lowest BCUT2D eigenvalue weighted by Gasteiger charge is -2.10. The van der Waals surface area contributed by atoms with Crippen LogP contribution < -0.4 is 10.1 Å². The van der Waals surface area contributed by atoms with Gasteiger partial charge >= 0.3 is 0 Å². The SMILES string of the molecule is CCc1ccc(N=C2NC(=O)C(=Cc3ccccc3OCc3ccc(C)cc3)S2)cc1.